The van der Waals surface area contributed by atoms with E-state index in [4.69, 9.17) is 5.26 Å². The predicted octanol–water partition coefficient (Wildman–Crippen LogP) is 4.34. The molecule has 32 heavy (non-hydrogen) atoms. The third-order valence-electron chi connectivity index (χ3n) is 4.57. The molecule has 0 fully saturated rings. The second kappa shape index (κ2) is 7.83. The Hall–Kier alpha value is -3.59. The fourth-order valence-corrected chi connectivity index (χ4v) is 3.03. The molecular formula is C20H14F6N4O2. The zero-order valence-electron chi connectivity index (χ0n) is 16.2. The van der Waals surface area contributed by atoms with Crippen LogP contribution in [0.3, 0.4) is 0 Å². The molecule has 1 heterocycles. The van der Waals surface area contributed by atoms with Crippen LogP contribution in [0.4, 0.5) is 32.0 Å². The molecule has 1 unspecified atom stereocenters. The molecule has 1 amide bonds. The van der Waals surface area contributed by atoms with E-state index in [9.17, 15) is 36.2 Å². The van der Waals surface area contributed by atoms with E-state index in [-0.39, 0.29) is 16.6 Å². The first-order chi connectivity index (χ1) is 14.7. The van der Waals surface area contributed by atoms with Gasteiger partial charge in [0.1, 0.15) is 0 Å². The zero-order valence-corrected chi connectivity index (χ0v) is 16.2. The lowest BCUT2D eigenvalue weighted by Gasteiger charge is -2.22. The SMILES string of the molecule is CC(O)(Cn1cc2c(C(F)(F)F)cccc2n1)C(=O)Nc1ccc(C#N)c(C(F)(F)F)c1. The summed E-state index contributed by atoms with van der Waals surface area (Å²) in [5.41, 5.74) is -5.44. The molecule has 168 valence electrons. The molecule has 6 nitrogen and oxygen atoms in total. The van der Waals surface area contributed by atoms with Crippen molar-refractivity contribution in [2.24, 2.45) is 0 Å². The highest BCUT2D eigenvalue weighted by atomic mass is 19.4. The Morgan fingerprint density at radius 2 is 1.78 bits per heavy atom. The Morgan fingerprint density at radius 3 is 2.38 bits per heavy atom. The van der Waals surface area contributed by atoms with Gasteiger partial charge in [0, 0.05) is 17.3 Å². The van der Waals surface area contributed by atoms with Gasteiger partial charge in [0.15, 0.2) is 5.60 Å². The van der Waals surface area contributed by atoms with Crippen molar-refractivity contribution in [3.8, 4) is 6.07 Å². The van der Waals surface area contributed by atoms with E-state index in [0.29, 0.717) is 6.07 Å². The van der Waals surface area contributed by atoms with Crippen molar-refractivity contribution in [1.82, 2.24) is 9.78 Å². The summed E-state index contributed by atoms with van der Waals surface area (Å²) in [5.74, 6) is -1.12. The highest BCUT2D eigenvalue weighted by Gasteiger charge is 2.36. The van der Waals surface area contributed by atoms with Crippen molar-refractivity contribution in [3.63, 3.8) is 0 Å². The first-order valence-electron chi connectivity index (χ1n) is 8.91. The number of fused-ring (bicyclic) bond motifs is 1. The van der Waals surface area contributed by atoms with Gasteiger partial charge in [-0.2, -0.15) is 36.7 Å². The number of nitrogens with one attached hydrogen (secondary N) is 1. The third-order valence-corrected chi connectivity index (χ3v) is 4.57. The number of hydrogen-bond donors (Lipinski definition) is 2. The Bertz CT molecular complexity index is 1220. The fraction of sp³-hybridized carbons (Fsp3) is 0.250. The summed E-state index contributed by atoms with van der Waals surface area (Å²) in [5, 5.41) is 25.1. The van der Waals surface area contributed by atoms with Crippen LogP contribution < -0.4 is 5.32 Å². The summed E-state index contributed by atoms with van der Waals surface area (Å²) in [7, 11) is 0. The van der Waals surface area contributed by atoms with Crippen LogP contribution in [0.5, 0.6) is 0 Å². The molecule has 2 aromatic carbocycles. The maximum absolute atomic E-state index is 13.2. The number of aliphatic hydroxyl groups is 1. The summed E-state index contributed by atoms with van der Waals surface area (Å²) in [6.45, 7) is 0.459. The Kier molecular flexibility index (Phi) is 5.65. The average molecular weight is 456 g/mol. The van der Waals surface area contributed by atoms with Crippen LogP contribution in [0.1, 0.15) is 23.6 Å². The van der Waals surface area contributed by atoms with Gasteiger partial charge in [0.05, 0.1) is 34.8 Å². The van der Waals surface area contributed by atoms with Gasteiger partial charge in [-0.1, -0.05) is 6.07 Å². The van der Waals surface area contributed by atoms with E-state index in [1.54, 1.807) is 0 Å². The van der Waals surface area contributed by atoms with E-state index in [0.717, 1.165) is 42.1 Å². The number of anilines is 1. The van der Waals surface area contributed by atoms with E-state index < -0.39 is 47.1 Å². The second-order valence-electron chi connectivity index (χ2n) is 7.16. The van der Waals surface area contributed by atoms with Crippen LogP contribution in [-0.2, 0) is 23.7 Å². The summed E-state index contributed by atoms with van der Waals surface area (Å²) < 4.78 is 79.7. The Morgan fingerprint density at radius 1 is 1.12 bits per heavy atom. The van der Waals surface area contributed by atoms with Crippen molar-refractivity contribution < 1.29 is 36.2 Å². The van der Waals surface area contributed by atoms with Gasteiger partial charge in [0.25, 0.3) is 5.91 Å². The van der Waals surface area contributed by atoms with Crippen molar-refractivity contribution in [3.05, 3.63) is 59.3 Å². The summed E-state index contributed by atoms with van der Waals surface area (Å²) in [6.07, 6.45) is -8.47. The largest absolute Gasteiger partial charge is 0.417 e. The molecule has 0 aliphatic rings. The van der Waals surface area contributed by atoms with Crippen LogP contribution in [0, 0.1) is 11.3 Å². The van der Waals surface area contributed by atoms with Gasteiger partial charge in [0.2, 0.25) is 0 Å². The highest BCUT2D eigenvalue weighted by molar-refractivity contribution is 5.97. The van der Waals surface area contributed by atoms with Gasteiger partial charge in [-0.15, -0.1) is 0 Å². The van der Waals surface area contributed by atoms with E-state index in [1.165, 1.54) is 12.1 Å². The van der Waals surface area contributed by atoms with E-state index in [2.05, 4.69) is 10.4 Å². The topological polar surface area (TPSA) is 90.9 Å². The van der Waals surface area contributed by atoms with E-state index >= 15 is 0 Å². The molecular weight excluding hydrogens is 442 g/mol. The molecule has 3 rings (SSSR count). The van der Waals surface area contributed by atoms with Crippen LogP contribution in [-0.4, -0.2) is 26.4 Å². The van der Waals surface area contributed by atoms with Crippen molar-refractivity contribution in [2.45, 2.75) is 31.4 Å². The zero-order chi connectivity index (χ0) is 23.9. The number of hydrogen-bond acceptors (Lipinski definition) is 4. The second-order valence-corrected chi connectivity index (χ2v) is 7.16. The molecule has 0 aliphatic heterocycles. The standard InChI is InChI=1S/C20H14F6N4O2/c1-18(32,10-30-9-13-14(19(21,22)23)3-2-4-16(13)29-30)17(31)28-12-6-5-11(8-27)15(7-12)20(24,25)26/h2-7,9,32H,10H2,1H3,(H,28,31). The number of benzene rings is 2. The number of amides is 1. The minimum absolute atomic E-state index is 0.0158. The first-order valence-corrected chi connectivity index (χ1v) is 8.91. The molecule has 0 spiro atoms. The highest BCUT2D eigenvalue weighted by Crippen LogP contribution is 2.35. The number of alkyl halides is 6. The van der Waals surface area contributed by atoms with Gasteiger partial charge >= 0.3 is 12.4 Å². The Labute approximate surface area is 176 Å². The van der Waals surface area contributed by atoms with Gasteiger partial charge in [-0.05, 0) is 37.3 Å². The molecule has 1 aromatic heterocycles. The van der Waals surface area contributed by atoms with Crippen LogP contribution in [0.25, 0.3) is 10.9 Å². The quantitative estimate of drug-likeness (QED) is 0.572. The summed E-state index contributed by atoms with van der Waals surface area (Å²) >= 11 is 0. The molecule has 0 bridgehead atoms. The molecule has 12 heteroatoms. The molecule has 0 aliphatic carbocycles. The summed E-state index contributed by atoms with van der Waals surface area (Å²) in [6, 6.07) is 7.22. The number of carbonyl (C=O) groups is 1. The number of halogens is 6. The molecule has 0 saturated carbocycles. The summed E-state index contributed by atoms with van der Waals surface area (Å²) in [4.78, 5) is 12.5. The van der Waals surface area contributed by atoms with Gasteiger partial charge in [-0.3, -0.25) is 9.48 Å². The van der Waals surface area contributed by atoms with Gasteiger partial charge in [-0.25, -0.2) is 0 Å². The number of rotatable bonds is 4. The van der Waals surface area contributed by atoms with Gasteiger partial charge < -0.3 is 10.4 Å². The minimum atomic E-state index is -4.85. The monoisotopic (exact) mass is 456 g/mol. The molecule has 1 atom stereocenters. The Balaban J connectivity index is 1.85. The normalized spacial score (nSPS) is 14.1. The minimum Gasteiger partial charge on any atom is -0.378 e. The van der Waals surface area contributed by atoms with Crippen molar-refractivity contribution >= 4 is 22.5 Å². The van der Waals surface area contributed by atoms with Crippen LogP contribution in [0.15, 0.2) is 42.6 Å². The molecule has 2 N–H and O–H groups in total. The maximum Gasteiger partial charge on any atom is 0.417 e. The van der Waals surface area contributed by atoms with Crippen LogP contribution >= 0.6 is 0 Å². The molecule has 3 aromatic rings. The number of nitriles is 1. The van der Waals surface area contributed by atoms with E-state index in [1.807, 2.05) is 0 Å². The number of aromatic nitrogens is 2. The lowest BCUT2D eigenvalue weighted by molar-refractivity contribution is -0.138. The number of carbonyl (C=O) groups excluding carboxylic acids is 1. The molecule has 0 saturated heterocycles. The fourth-order valence-electron chi connectivity index (χ4n) is 3.03. The maximum atomic E-state index is 13.2. The smallest absolute Gasteiger partial charge is 0.378 e. The van der Waals surface area contributed by atoms with Crippen LogP contribution in [0.2, 0.25) is 0 Å². The first kappa shape index (κ1) is 23.1. The molecule has 0 radical (unpaired) electrons. The lowest BCUT2D eigenvalue weighted by Crippen LogP contribution is -2.43. The average Bonchev–Trinajstić information content (AvgIpc) is 3.07. The number of nitrogens with zero attached hydrogens (tertiary/aromatic N) is 3. The third kappa shape index (κ3) is 4.67. The van der Waals surface area contributed by atoms with Crippen molar-refractivity contribution in [2.75, 3.05) is 5.32 Å². The predicted molar refractivity (Wildman–Crippen MR) is 100 cm³/mol. The lowest BCUT2D eigenvalue weighted by atomic mass is 10.0. The van der Waals surface area contributed by atoms with Crippen molar-refractivity contribution in [1.29, 1.82) is 5.26 Å².